The molecule has 0 unspecified atom stereocenters. The number of hydrogen-bond donors (Lipinski definition) is 0. The molecule has 0 atom stereocenters. The molecular formula is C16H14ClNOS. The highest BCUT2D eigenvalue weighted by Gasteiger charge is 2.09. The number of hydrogen-bond acceptors (Lipinski definition) is 3. The van der Waals surface area contributed by atoms with Crippen LogP contribution in [0.3, 0.4) is 0 Å². The second-order valence-electron chi connectivity index (χ2n) is 4.87. The summed E-state index contributed by atoms with van der Waals surface area (Å²) in [7, 11) is 0. The van der Waals surface area contributed by atoms with Crippen LogP contribution in [0.1, 0.15) is 21.7 Å². The van der Waals surface area contributed by atoms with Gasteiger partial charge in [-0.25, -0.2) is 0 Å². The summed E-state index contributed by atoms with van der Waals surface area (Å²) in [5, 5.41) is 4.74. The van der Waals surface area contributed by atoms with Gasteiger partial charge in [0.05, 0.1) is 10.6 Å². The standard InChI is InChI=1S/C16H14ClNOS/c1-10-3-5-14(17)12(7-10)9-13-4-6-16(20-13)15-8-11(2)18-19-15/h3-8H,9H2,1-2H3. The van der Waals surface area contributed by atoms with E-state index in [-0.39, 0.29) is 0 Å². The first-order valence-corrected chi connectivity index (χ1v) is 7.59. The van der Waals surface area contributed by atoms with Gasteiger partial charge in [0.1, 0.15) is 0 Å². The van der Waals surface area contributed by atoms with Crippen LogP contribution in [0.15, 0.2) is 40.9 Å². The summed E-state index contributed by atoms with van der Waals surface area (Å²) in [6.45, 7) is 4.00. The van der Waals surface area contributed by atoms with Gasteiger partial charge in [-0.3, -0.25) is 0 Å². The monoisotopic (exact) mass is 303 g/mol. The van der Waals surface area contributed by atoms with Crippen LogP contribution in [0, 0.1) is 13.8 Å². The largest absolute Gasteiger partial charge is 0.355 e. The number of aromatic nitrogens is 1. The van der Waals surface area contributed by atoms with Crippen molar-refractivity contribution in [1.29, 1.82) is 0 Å². The molecule has 0 saturated heterocycles. The zero-order chi connectivity index (χ0) is 14.1. The Labute approximate surface area is 127 Å². The molecule has 0 N–H and O–H groups in total. The molecule has 2 heterocycles. The van der Waals surface area contributed by atoms with Crippen LogP contribution in [0.2, 0.25) is 5.02 Å². The van der Waals surface area contributed by atoms with Gasteiger partial charge >= 0.3 is 0 Å². The van der Waals surface area contributed by atoms with Crippen molar-refractivity contribution in [2.45, 2.75) is 20.3 Å². The molecule has 0 bridgehead atoms. The maximum absolute atomic E-state index is 6.25. The summed E-state index contributed by atoms with van der Waals surface area (Å²) < 4.78 is 5.29. The van der Waals surface area contributed by atoms with Gasteiger partial charge < -0.3 is 4.52 Å². The van der Waals surface area contributed by atoms with E-state index in [0.717, 1.165) is 33.3 Å². The summed E-state index contributed by atoms with van der Waals surface area (Å²) in [6.07, 6.45) is 0.846. The summed E-state index contributed by atoms with van der Waals surface area (Å²) in [5.41, 5.74) is 3.29. The van der Waals surface area contributed by atoms with E-state index in [1.54, 1.807) is 11.3 Å². The van der Waals surface area contributed by atoms with Crippen LogP contribution in [0.5, 0.6) is 0 Å². The van der Waals surface area contributed by atoms with Crippen LogP contribution < -0.4 is 0 Å². The molecule has 0 spiro atoms. The van der Waals surface area contributed by atoms with Gasteiger partial charge in [-0.15, -0.1) is 11.3 Å². The van der Waals surface area contributed by atoms with Gasteiger partial charge in [-0.2, -0.15) is 0 Å². The third-order valence-electron chi connectivity index (χ3n) is 3.10. The first kappa shape index (κ1) is 13.4. The molecule has 0 fully saturated rings. The van der Waals surface area contributed by atoms with Gasteiger partial charge in [0.2, 0.25) is 0 Å². The number of aryl methyl sites for hydroxylation is 2. The van der Waals surface area contributed by atoms with Gasteiger partial charge in [-0.05, 0) is 37.6 Å². The maximum atomic E-state index is 6.25. The topological polar surface area (TPSA) is 26.0 Å². The van der Waals surface area contributed by atoms with E-state index in [4.69, 9.17) is 16.1 Å². The molecule has 2 nitrogen and oxygen atoms in total. The Morgan fingerprint density at radius 3 is 2.75 bits per heavy atom. The van der Waals surface area contributed by atoms with Gasteiger partial charge in [0.25, 0.3) is 0 Å². The van der Waals surface area contributed by atoms with E-state index in [1.807, 2.05) is 25.1 Å². The van der Waals surface area contributed by atoms with Crippen LogP contribution in [0.4, 0.5) is 0 Å². The summed E-state index contributed by atoms with van der Waals surface area (Å²) in [6, 6.07) is 12.3. The highest BCUT2D eigenvalue weighted by Crippen LogP contribution is 2.31. The number of nitrogens with zero attached hydrogens (tertiary/aromatic N) is 1. The summed E-state index contributed by atoms with van der Waals surface area (Å²) in [4.78, 5) is 2.37. The fourth-order valence-corrected chi connectivity index (χ4v) is 3.28. The van der Waals surface area contributed by atoms with E-state index in [2.05, 4.69) is 30.3 Å². The highest BCUT2D eigenvalue weighted by molar-refractivity contribution is 7.15. The van der Waals surface area contributed by atoms with Crippen LogP contribution >= 0.6 is 22.9 Å². The van der Waals surface area contributed by atoms with Gasteiger partial charge in [-0.1, -0.05) is 34.5 Å². The molecule has 0 radical (unpaired) electrons. The average Bonchev–Trinajstić information content (AvgIpc) is 3.03. The number of halogens is 1. The lowest BCUT2D eigenvalue weighted by molar-refractivity contribution is 0.428. The first-order valence-electron chi connectivity index (χ1n) is 6.39. The minimum atomic E-state index is 0.820. The zero-order valence-electron chi connectivity index (χ0n) is 11.3. The van der Waals surface area contributed by atoms with E-state index in [0.29, 0.717) is 0 Å². The number of rotatable bonds is 3. The molecule has 102 valence electrons. The van der Waals surface area contributed by atoms with Crippen molar-refractivity contribution in [2.75, 3.05) is 0 Å². The minimum Gasteiger partial charge on any atom is -0.355 e. The van der Waals surface area contributed by atoms with Crippen LogP contribution in [-0.4, -0.2) is 5.16 Å². The molecule has 3 rings (SSSR count). The second-order valence-corrected chi connectivity index (χ2v) is 6.45. The van der Waals surface area contributed by atoms with Crippen molar-refractivity contribution in [1.82, 2.24) is 5.16 Å². The van der Waals surface area contributed by atoms with Crippen molar-refractivity contribution >= 4 is 22.9 Å². The Hall–Kier alpha value is -1.58. The highest BCUT2D eigenvalue weighted by atomic mass is 35.5. The SMILES string of the molecule is Cc1ccc(Cl)c(Cc2ccc(-c3cc(C)no3)s2)c1. The average molecular weight is 304 g/mol. The van der Waals surface area contributed by atoms with E-state index < -0.39 is 0 Å². The lowest BCUT2D eigenvalue weighted by atomic mass is 10.1. The molecule has 0 aliphatic rings. The molecule has 0 amide bonds. The minimum absolute atomic E-state index is 0.820. The molecule has 3 aromatic rings. The van der Waals surface area contributed by atoms with Crippen molar-refractivity contribution < 1.29 is 4.52 Å². The van der Waals surface area contributed by atoms with Crippen LogP contribution in [0.25, 0.3) is 10.6 Å². The fraction of sp³-hybridized carbons (Fsp3) is 0.188. The number of benzene rings is 1. The smallest absolute Gasteiger partial charge is 0.177 e. The normalized spacial score (nSPS) is 10.9. The Bertz CT molecular complexity index is 745. The fourth-order valence-electron chi connectivity index (χ4n) is 2.11. The van der Waals surface area contributed by atoms with Crippen molar-refractivity contribution in [3.05, 3.63) is 63.1 Å². The molecule has 1 aromatic carbocycles. The molecule has 20 heavy (non-hydrogen) atoms. The lowest BCUT2D eigenvalue weighted by Gasteiger charge is -2.03. The van der Waals surface area contributed by atoms with Gasteiger partial charge in [0.15, 0.2) is 5.76 Å². The van der Waals surface area contributed by atoms with Crippen molar-refractivity contribution in [3.8, 4) is 10.6 Å². The molecule has 0 saturated carbocycles. The predicted octanol–water partition coefficient (Wildman–Crippen LogP) is 5.26. The Morgan fingerprint density at radius 2 is 2.00 bits per heavy atom. The number of thiophene rings is 1. The molecule has 0 aliphatic carbocycles. The third-order valence-corrected chi connectivity index (χ3v) is 4.57. The predicted molar refractivity (Wildman–Crippen MR) is 83.5 cm³/mol. The molecule has 4 heteroatoms. The molecule has 2 aromatic heterocycles. The van der Waals surface area contributed by atoms with Crippen molar-refractivity contribution in [2.24, 2.45) is 0 Å². The van der Waals surface area contributed by atoms with Gasteiger partial charge in [0, 0.05) is 22.4 Å². The summed E-state index contributed by atoms with van der Waals surface area (Å²) >= 11 is 7.97. The van der Waals surface area contributed by atoms with Crippen LogP contribution in [-0.2, 0) is 6.42 Å². The Morgan fingerprint density at radius 1 is 1.15 bits per heavy atom. The Balaban J connectivity index is 1.85. The van der Waals surface area contributed by atoms with E-state index in [1.165, 1.54) is 10.4 Å². The quantitative estimate of drug-likeness (QED) is 0.659. The maximum Gasteiger partial charge on any atom is 0.177 e. The molecular weight excluding hydrogens is 290 g/mol. The first-order chi connectivity index (χ1) is 9.61. The van der Waals surface area contributed by atoms with E-state index in [9.17, 15) is 0 Å². The summed E-state index contributed by atoms with van der Waals surface area (Å²) in [5.74, 6) is 0.828. The second kappa shape index (κ2) is 5.43. The Kier molecular flexibility index (Phi) is 3.64. The lowest BCUT2D eigenvalue weighted by Crippen LogP contribution is -1.87. The molecule has 0 aliphatic heterocycles. The third kappa shape index (κ3) is 2.79. The zero-order valence-corrected chi connectivity index (χ0v) is 12.9. The van der Waals surface area contributed by atoms with E-state index >= 15 is 0 Å². The van der Waals surface area contributed by atoms with Crippen molar-refractivity contribution in [3.63, 3.8) is 0 Å².